The van der Waals surface area contributed by atoms with E-state index in [4.69, 9.17) is 4.74 Å². The van der Waals surface area contributed by atoms with Crippen molar-refractivity contribution < 1.29 is 9.84 Å². The second-order valence-electron chi connectivity index (χ2n) is 6.04. The number of thiophene rings is 1. The molecule has 0 aliphatic heterocycles. The van der Waals surface area contributed by atoms with Gasteiger partial charge in [0.15, 0.2) is 5.96 Å². The molecule has 0 amide bonds. The minimum atomic E-state index is -0.957. The number of hydrogen-bond acceptors (Lipinski definition) is 4. The second-order valence-corrected chi connectivity index (χ2v) is 6.82. The van der Waals surface area contributed by atoms with Crippen LogP contribution < -0.4 is 15.4 Å². The Morgan fingerprint density at radius 2 is 2.15 bits per heavy atom. The van der Waals surface area contributed by atoms with E-state index in [-0.39, 0.29) is 0 Å². The van der Waals surface area contributed by atoms with Crippen LogP contribution in [0, 0.1) is 0 Å². The summed E-state index contributed by atoms with van der Waals surface area (Å²) in [5.41, 5.74) is 0.937. The Morgan fingerprint density at radius 3 is 2.85 bits per heavy atom. The monoisotopic (exact) mass is 373 g/mol. The summed E-state index contributed by atoms with van der Waals surface area (Å²) >= 11 is 1.57. The van der Waals surface area contributed by atoms with E-state index in [0.29, 0.717) is 25.7 Å². The number of aliphatic hydroxyl groups is 1. The van der Waals surface area contributed by atoms with Crippen molar-refractivity contribution in [3.8, 4) is 5.75 Å². The van der Waals surface area contributed by atoms with Crippen molar-refractivity contribution in [1.82, 2.24) is 10.6 Å². The minimum Gasteiger partial charge on any atom is -0.489 e. The number of guanidine groups is 1. The highest BCUT2D eigenvalue weighted by Gasteiger charge is 2.23. The first kappa shape index (κ1) is 20.0. The van der Waals surface area contributed by atoms with Gasteiger partial charge in [-0.3, -0.25) is 0 Å². The van der Waals surface area contributed by atoms with Crippen molar-refractivity contribution >= 4 is 17.3 Å². The molecule has 0 saturated carbocycles. The predicted molar refractivity (Wildman–Crippen MR) is 109 cm³/mol. The summed E-state index contributed by atoms with van der Waals surface area (Å²) in [4.78, 5) is 4.62. The van der Waals surface area contributed by atoms with E-state index in [1.165, 1.54) is 0 Å². The second kappa shape index (κ2) is 9.99. The molecule has 1 heterocycles. The number of rotatable bonds is 9. The zero-order chi connectivity index (χ0) is 18.8. The third kappa shape index (κ3) is 5.89. The van der Waals surface area contributed by atoms with Crippen LogP contribution in [0.5, 0.6) is 5.75 Å². The molecule has 0 fully saturated rings. The third-order valence-electron chi connectivity index (χ3n) is 3.82. The molecular weight excluding hydrogens is 346 g/mol. The van der Waals surface area contributed by atoms with Gasteiger partial charge in [0.25, 0.3) is 0 Å². The molecule has 1 unspecified atom stereocenters. The van der Waals surface area contributed by atoms with Crippen molar-refractivity contribution in [1.29, 1.82) is 0 Å². The fourth-order valence-corrected chi connectivity index (χ4v) is 3.14. The molecule has 5 nitrogen and oxygen atoms in total. The zero-order valence-corrected chi connectivity index (χ0v) is 16.2. The molecule has 0 bridgehead atoms. The Balaban J connectivity index is 2.04. The topological polar surface area (TPSA) is 65.9 Å². The van der Waals surface area contributed by atoms with Gasteiger partial charge in [0, 0.05) is 12.1 Å². The van der Waals surface area contributed by atoms with Crippen LogP contribution in [0.15, 0.2) is 58.7 Å². The van der Waals surface area contributed by atoms with Crippen LogP contribution in [0.1, 0.15) is 25.0 Å². The number of nitrogens with one attached hydrogen (secondary N) is 2. The highest BCUT2D eigenvalue weighted by Crippen LogP contribution is 2.22. The maximum Gasteiger partial charge on any atom is 0.191 e. The summed E-state index contributed by atoms with van der Waals surface area (Å²) < 4.78 is 5.67. The molecule has 26 heavy (non-hydrogen) atoms. The predicted octanol–water partition coefficient (Wildman–Crippen LogP) is 3.28. The first-order valence-corrected chi connectivity index (χ1v) is 9.60. The quantitative estimate of drug-likeness (QED) is 0.359. The van der Waals surface area contributed by atoms with E-state index in [1.54, 1.807) is 24.3 Å². The Morgan fingerprint density at radius 1 is 1.35 bits per heavy atom. The van der Waals surface area contributed by atoms with Gasteiger partial charge in [-0.05, 0) is 42.3 Å². The lowest BCUT2D eigenvalue weighted by atomic mass is 9.99. The van der Waals surface area contributed by atoms with Gasteiger partial charge in [0.1, 0.15) is 18.0 Å². The Hall–Kier alpha value is -2.31. The standard InChI is InChI=1S/C20H27N3O2S/c1-4-11-25-18-9-7-6-8-16(18)13-22-19(21-5-2)23-15-20(3,24)17-10-12-26-14-17/h4,6-10,12,14,24H,1,5,11,13,15H2,2-3H3,(H2,21,22,23). The zero-order valence-electron chi connectivity index (χ0n) is 15.4. The molecule has 6 heteroatoms. The first-order chi connectivity index (χ1) is 12.6. The van der Waals surface area contributed by atoms with Crippen LogP contribution >= 0.6 is 11.3 Å². The van der Waals surface area contributed by atoms with Gasteiger partial charge in [-0.1, -0.05) is 30.9 Å². The molecule has 0 radical (unpaired) electrons. The van der Waals surface area contributed by atoms with E-state index in [1.807, 2.05) is 48.0 Å². The fourth-order valence-electron chi connectivity index (χ4n) is 2.36. The molecule has 1 aromatic carbocycles. The number of nitrogens with zero attached hydrogens (tertiary/aromatic N) is 1. The Labute approximate surface area is 159 Å². The highest BCUT2D eigenvalue weighted by molar-refractivity contribution is 7.08. The molecule has 0 spiro atoms. The number of aliphatic imine (C=N–C) groups is 1. The lowest BCUT2D eigenvalue weighted by Gasteiger charge is -2.24. The van der Waals surface area contributed by atoms with Crippen LogP contribution in [0.3, 0.4) is 0 Å². The lowest BCUT2D eigenvalue weighted by Crippen LogP contribution is -2.44. The van der Waals surface area contributed by atoms with Crippen LogP contribution in [0.4, 0.5) is 0 Å². The summed E-state index contributed by atoms with van der Waals surface area (Å²) in [5, 5.41) is 21.0. The number of hydrogen-bond donors (Lipinski definition) is 3. The van der Waals surface area contributed by atoms with Crippen LogP contribution in [0.25, 0.3) is 0 Å². The van der Waals surface area contributed by atoms with Gasteiger partial charge >= 0.3 is 0 Å². The van der Waals surface area contributed by atoms with Crippen molar-refractivity contribution in [2.24, 2.45) is 4.99 Å². The van der Waals surface area contributed by atoms with E-state index < -0.39 is 5.60 Å². The molecule has 0 aliphatic rings. The van der Waals surface area contributed by atoms with Gasteiger partial charge in [-0.25, -0.2) is 4.99 Å². The van der Waals surface area contributed by atoms with Gasteiger partial charge < -0.3 is 20.5 Å². The number of para-hydroxylation sites is 1. The largest absolute Gasteiger partial charge is 0.489 e. The molecule has 1 aromatic heterocycles. The van der Waals surface area contributed by atoms with E-state index >= 15 is 0 Å². The molecule has 3 N–H and O–H groups in total. The summed E-state index contributed by atoms with van der Waals surface area (Å²) in [5.74, 6) is 1.46. The van der Waals surface area contributed by atoms with E-state index in [2.05, 4.69) is 22.2 Å². The van der Waals surface area contributed by atoms with Crippen molar-refractivity contribution in [3.05, 3.63) is 64.9 Å². The summed E-state index contributed by atoms with van der Waals surface area (Å²) in [6.07, 6.45) is 1.72. The van der Waals surface area contributed by atoms with Gasteiger partial charge in [-0.15, -0.1) is 0 Å². The summed E-state index contributed by atoms with van der Waals surface area (Å²) in [6.45, 7) is 9.52. The van der Waals surface area contributed by atoms with Crippen molar-refractivity contribution in [2.45, 2.75) is 26.0 Å². The molecule has 0 aliphatic carbocycles. The molecule has 2 aromatic rings. The van der Waals surface area contributed by atoms with Gasteiger partial charge in [0.2, 0.25) is 0 Å². The molecule has 1 atom stereocenters. The van der Waals surface area contributed by atoms with Crippen molar-refractivity contribution in [2.75, 3.05) is 19.7 Å². The van der Waals surface area contributed by atoms with Crippen LogP contribution in [-0.4, -0.2) is 30.8 Å². The maximum atomic E-state index is 10.7. The first-order valence-electron chi connectivity index (χ1n) is 8.65. The maximum absolute atomic E-state index is 10.7. The van der Waals surface area contributed by atoms with Crippen LogP contribution in [-0.2, 0) is 12.1 Å². The average molecular weight is 374 g/mol. The van der Waals surface area contributed by atoms with Crippen LogP contribution in [0.2, 0.25) is 0 Å². The number of benzene rings is 1. The summed E-state index contributed by atoms with van der Waals surface area (Å²) in [7, 11) is 0. The van der Waals surface area contributed by atoms with Gasteiger partial charge in [0.05, 0.1) is 13.1 Å². The molecule has 140 valence electrons. The smallest absolute Gasteiger partial charge is 0.191 e. The molecule has 2 rings (SSSR count). The SMILES string of the molecule is C=CCOc1ccccc1CN=C(NCC)NCC(C)(O)c1ccsc1. The Bertz CT molecular complexity index is 712. The van der Waals surface area contributed by atoms with Gasteiger partial charge in [-0.2, -0.15) is 11.3 Å². The summed E-state index contributed by atoms with van der Waals surface area (Å²) in [6, 6.07) is 9.76. The van der Waals surface area contributed by atoms with Crippen molar-refractivity contribution in [3.63, 3.8) is 0 Å². The lowest BCUT2D eigenvalue weighted by molar-refractivity contribution is 0.0621. The number of ether oxygens (including phenoxy) is 1. The molecule has 0 saturated heterocycles. The normalized spacial score (nSPS) is 13.7. The highest BCUT2D eigenvalue weighted by atomic mass is 32.1. The fraction of sp³-hybridized carbons (Fsp3) is 0.350. The minimum absolute atomic E-state index is 0.365. The van der Waals surface area contributed by atoms with E-state index in [0.717, 1.165) is 23.4 Å². The average Bonchev–Trinajstić information content (AvgIpc) is 3.19. The van der Waals surface area contributed by atoms with E-state index in [9.17, 15) is 5.11 Å². The Kier molecular flexibility index (Phi) is 7.69. The third-order valence-corrected chi connectivity index (χ3v) is 4.51. The molecular formula is C20H27N3O2S.